The standard InChI is InChI=1S/C14H17N3O/c1-17(13-9-5-2-6-11(13)10-15)14(18)16-12-7-3-4-8-12/h2,5-6,9,12H,3-4,7-8H2,1H3,(H,16,18). The number of carbonyl (C=O) groups is 1. The average Bonchev–Trinajstić information content (AvgIpc) is 2.90. The van der Waals surface area contributed by atoms with E-state index in [1.165, 1.54) is 17.7 Å². The number of hydrogen-bond acceptors (Lipinski definition) is 2. The highest BCUT2D eigenvalue weighted by Crippen LogP contribution is 2.20. The van der Waals surface area contributed by atoms with Crippen LogP contribution in [0.4, 0.5) is 10.5 Å². The number of nitrogens with zero attached hydrogens (tertiary/aromatic N) is 2. The fourth-order valence-electron chi connectivity index (χ4n) is 2.31. The van der Waals surface area contributed by atoms with Crippen molar-refractivity contribution in [2.24, 2.45) is 0 Å². The molecule has 1 aromatic rings. The molecule has 0 atom stereocenters. The first-order valence-electron chi connectivity index (χ1n) is 6.25. The number of nitrogens with one attached hydrogen (secondary N) is 1. The van der Waals surface area contributed by atoms with Gasteiger partial charge in [0.15, 0.2) is 0 Å². The molecule has 4 nitrogen and oxygen atoms in total. The van der Waals surface area contributed by atoms with Gasteiger partial charge in [0.25, 0.3) is 0 Å². The zero-order chi connectivity index (χ0) is 13.0. The summed E-state index contributed by atoms with van der Waals surface area (Å²) in [5, 5.41) is 12.0. The molecule has 1 aliphatic carbocycles. The molecule has 0 radical (unpaired) electrons. The summed E-state index contributed by atoms with van der Waals surface area (Å²) in [7, 11) is 1.69. The van der Waals surface area contributed by atoms with Crippen LogP contribution >= 0.6 is 0 Å². The van der Waals surface area contributed by atoms with E-state index in [-0.39, 0.29) is 12.1 Å². The van der Waals surface area contributed by atoms with Crippen molar-refractivity contribution in [2.45, 2.75) is 31.7 Å². The maximum absolute atomic E-state index is 12.1. The van der Waals surface area contributed by atoms with Crippen molar-refractivity contribution in [3.8, 4) is 6.07 Å². The summed E-state index contributed by atoms with van der Waals surface area (Å²) in [6, 6.07) is 9.38. The third-order valence-corrected chi connectivity index (χ3v) is 3.37. The Morgan fingerprint density at radius 1 is 1.39 bits per heavy atom. The molecule has 94 valence electrons. The zero-order valence-electron chi connectivity index (χ0n) is 10.5. The molecule has 1 saturated carbocycles. The van der Waals surface area contributed by atoms with E-state index in [1.807, 2.05) is 6.07 Å². The SMILES string of the molecule is CN(C(=O)NC1CCCC1)c1ccccc1C#N. The minimum atomic E-state index is -0.135. The molecule has 18 heavy (non-hydrogen) atoms. The number of urea groups is 1. The Labute approximate surface area is 107 Å². The van der Waals surface area contributed by atoms with Gasteiger partial charge in [-0.15, -0.1) is 0 Å². The van der Waals surface area contributed by atoms with Crippen molar-refractivity contribution in [3.05, 3.63) is 29.8 Å². The summed E-state index contributed by atoms with van der Waals surface area (Å²) in [6.45, 7) is 0. The molecule has 0 aromatic heterocycles. The third-order valence-electron chi connectivity index (χ3n) is 3.37. The van der Waals surface area contributed by atoms with Crippen molar-refractivity contribution in [1.29, 1.82) is 5.26 Å². The Hall–Kier alpha value is -2.02. The first-order chi connectivity index (χ1) is 8.72. The Balaban J connectivity index is 2.08. The quantitative estimate of drug-likeness (QED) is 0.868. The normalized spacial score (nSPS) is 15.1. The van der Waals surface area contributed by atoms with Crippen LogP contribution in [0.1, 0.15) is 31.2 Å². The molecule has 4 heteroatoms. The minimum Gasteiger partial charge on any atom is -0.335 e. The monoisotopic (exact) mass is 243 g/mol. The fraction of sp³-hybridized carbons (Fsp3) is 0.429. The maximum atomic E-state index is 12.1. The number of carbonyl (C=O) groups excluding carboxylic acids is 1. The Morgan fingerprint density at radius 2 is 2.06 bits per heavy atom. The first-order valence-corrected chi connectivity index (χ1v) is 6.25. The van der Waals surface area contributed by atoms with Gasteiger partial charge in [0.1, 0.15) is 6.07 Å². The Bertz CT molecular complexity index is 472. The molecular formula is C14H17N3O. The average molecular weight is 243 g/mol. The van der Waals surface area contributed by atoms with Gasteiger partial charge in [0.05, 0.1) is 11.3 Å². The molecule has 0 aliphatic heterocycles. The predicted molar refractivity (Wildman–Crippen MR) is 70.3 cm³/mol. The smallest absolute Gasteiger partial charge is 0.321 e. The largest absolute Gasteiger partial charge is 0.335 e. The van der Waals surface area contributed by atoms with E-state index in [9.17, 15) is 4.79 Å². The van der Waals surface area contributed by atoms with Gasteiger partial charge in [0, 0.05) is 13.1 Å². The van der Waals surface area contributed by atoms with Crippen LogP contribution in [-0.2, 0) is 0 Å². The summed E-state index contributed by atoms with van der Waals surface area (Å²) in [6.07, 6.45) is 4.48. The highest BCUT2D eigenvalue weighted by Gasteiger charge is 2.20. The van der Waals surface area contributed by atoms with Gasteiger partial charge in [-0.1, -0.05) is 25.0 Å². The van der Waals surface area contributed by atoms with E-state index in [4.69, 9.17) is 5.26 Å². The summed E-state index contributed by atoms with van der Waals surface area (Å²) < 4.78 is 0. The molecule has 1 aliphatic rings. The van der Waals surface area contributed by atoms with Gasteiger partial charge in [0.2, 0.25) is 0 Å². The van der Waals surface area contributed by atoms with Crippen molar-refractivity contribution in [3.63, 3.8) is 0 Å². The van der Waals surface area contributed by atoms with Crippen molar-refractivity contribution >= 4 is 11.7 Å². The molecule has 0 heterocycles. The Morgan fingerprint density at radius 3 is 2.72 bits per heavy atom. The van der Waals surface area contributed by atoms with Crippen LogP contribution in [0.3, 0.4) is 0 Å². The van der Waals surface area contributed by atoms with Crippen molar-refractivity contribution in [1.82, 2.24) is 5.32 Å². The van der Waals surface area contributed by atoms with Crippen LogP contribution in [0.2, 0.25) is 0 Å². The van der Waals surface area contributed by atoms with E-state index in [1.54, 1.807) is 25.2 Å². The van der Waals surface area contributed by atoms with Crippen LogP contribution in [0, 0.1) is 11.3 Å². The number of anilines is 1. The lowest BCUT2D eigenvalue weighted by atomic mass is 10.2. The molecule has 1 N–H and O–H groups in total. The molecule has 2 amide bonds. The second kappa shape index (κ2) is 5.54. The highest BCUT2D eigenvalue weighted by atomic mass is 16.2. The van der Waals surface area contributed by atoms with Crippen molar-refractivity contribution in [2.75, 3.05) is 11.9 Å². The van der Waals surface area contributed by atoms with E-state index in [0.717, 1.165) is 12.8 Å². The van der Waals surface area contributed by atoms with Crippen LogP contribution < -0.4 is 10.2 Å². The predicted octanol–water partition coefficient (Wildman–Crippen LogP) is 2.65. The molecular weight excluding hydrogens is 226 g/mol. The molecule has 0 unspecified atom stereocenters. The van der Waals surface area contributed by atoms with Crippen LogP contribution in [-0.4, -0.2) is 19.1 Å². The molecule has 0 spiro atoms. The second-order valence-electron chi connectivity index (χ2n) is 4.62. The number of rotatable bonds is 2. The Kier molecular flexibility index (Phi) is 3.83. The number of benzene rings is 1. The number of hydrogen-bond donors (Lipinski definition) is 1. The second-order valence-corrected chi connectivity index (χ2v) is 4.62. The van der Waals surface area contributed by atoms with Crippen LogP contribution in [0.15, 0.2) is 24.3 Å². The molecule has 0 saturated heterocycles. The molecule has 1 aromatic carbocycles. The van der Waals surface area contributed by atoms with Gasteiger partial charge in [-0.05, 0) is 25.0 Å². The zero-order valence-corrected chi connectivity index (χ0v) is 10.5. The lowest BCUT2D eigenvalue weighted by molar-refractivity contribution is 0.244. The van der Waals surface area contributed by atoms with E-state index < -0.39 is 0 Å². The van der Waals surface area contributed by atoms with Gasteiger partial charge < -0.3 is 5.32 Å². The highest BCUT2D eigenvalue weighted by molar-refractivity contribution is 5.93. The molecule has 0 bridgehead atoms. The maximum Gasteiger partial charge on any atom is 0.321 e. The van der Waals surface area contributed by atoms with Crippen LogP contribution in [0.25, 0.3) is 0 Å². The lowest BCUT2D eigenvalue weighted by Gasteiger charge is -2.21. The first kappa shape index (κ1) is 12.4. The topological polar surface area (TPSA) is 56.1 Å². The number of amides is 2. The number of nitriles is 1. The summed E-state index contributed by atoms with van der Waals surface area (Å²) in [5.41, 5.74) is 1.16. The van der Waals surface area contributed by atoms with E-state index in [2.05, 4.69) is 11.4 Å². The molecule has 2 rings (SSSR count). The lowest BCUT2D eigenvalue weighted by Crippen LogP contribution is -2.42. The third kappa shape index (κ3) is 2.62. The summed E-state index contributed by atoms with van der Waals surface area (Å²) in [5.74, 6) is 0. The van der Waals surface area contributed by atoms with E-state index in [0.29, 0.717) is 11.3 Å². The van der Waals surface area contributed by atoms with Gasteiger partial charge >= 0.3 is 6.03 Å². The fourth-order valence-corrected chi connectivity index (χ4v) is 2.31. The number of para-hydroxylation sites is 1. The van der Waals surface area contributed by atoms with Crippen LogP contribution in [0.5, 0.6) is 0 Å². The van der Waals surface area contributed by atoms with Gasteiger partial charge in [-0.3, -0.25) is 4.90 Å². The summed E-state index contributed by atoms with van der Waals surface area (Å²) in [4.78, 5) is 13.6. The van der Waals surface area contributed by atoms with Crippen molar-refractivity contribution < 1.29 is 4.79 Å². The van der Waals surface area contributed by atoms with E-state index >= 15 is 0 Å². The molecule has 1 fully saturated rings. The van der Waals surface area contributed by atoms with Gasteiger partial charge in [-0.25, -0.2) is 4.79 Å². The van der Waals surface area contributed by atoms with Gasteiger partial charge in [-0.2, -0.15) is 5.26 Å². The minimum absolute atomic E-state index is 0.135. The summed E-state index contributed by atoms with van der Waals surface area (Å²) >= 11 is 0.